The average Bonchev–Trinajstić information content (AvgIpc) is 2.60. The number of hydrogen-bond acceptors (Lipinski definition) is 4. The molecule has 0 saturated heterocycles. The van der Waals surface area contributed by atoms with Crippen molar-refractivity contribution in [1.29, 1.82) is 0 Å². The molecule has 0 spiro atoms. The molecule has 25 heavy (non-hydrogen) atoms. The lowest BCUT2D eigenvalue weighted by atomic mass is 10.0. The normalized spacial score (nSPS) is 10.7. The molecule has 0 atom stereocenters. The molecule has 0 aromatic heterocycles. The molecule has 130 valence electrons. The highest BCUT2D eigenvalue weighted by Crippen LogP contribution is 2.28. The summed E-state index contributed by atoms with van der Waals surface area (Å²) >= 11 is 0. The minimum atomic E-state index is -1.08. The first-order valence-corrected chi connectivity index (χ1v) is 7.73. The number of carbonyl (C=O) groups is 2. The third-order valence-electron chi connectivity index (χ3n) is 3.76. The second-order valence-corrected chi connectivity index (χ2v) is 5.59. The average molecular weight is 340 g/mol. The van der Waals surface area contributed by atoms with E-state index in [-0.39, 0.29) is 11.5 Å². The Bertz CT molecular complexity index is 821. The molecule has 2 rings (SSSR count). The molecule has 0 aliphatic carbocycles. The van der Waals surface area contributed by atoms with E-state index >= 15 is 0 Å². The highest BCUT2D eigenvalue weighted by Gasteiger charge is 2.10. The van der Waals surface area contributed by atoms with Crippen LogP contribution < -0.4 is 9.47 Å². The van der Waals surface area contributed by atoms with Crippen molar-refractivity contribution in [3.05, 3.63) is 64.7 Å². The number of carboxylic acid groups (broad SMARTS) is 1. The Labute approximate surface area is 146 Å². The molecule has 0 heterocycles. The molecule has 1 N–H and O–H groups in total. The number of methoxy groups -OCH3 is 1. The number of ketones is 1. The SMILES string of the molecule is COc1cc(C(=O)/C=C/c2ccc(C)c(C)c2)ccc1OCC(=O)O. The number of aryl methyl sites for hydroxylation is 2. The minimum absolute atomic E-state index is 0.179. The Morgan fingerprint density at radius 3 is 2.44 bits per heavy atom. The van der Waals surface area contributed by atoms with Crippen LogP contribution in [0.2, 0.25) is 0 Å². The summed E-state index contributed by atoms with van der Waals surface area (Å²) in [6, 6.07) is 10.6. The summed E-state index contributed by atoms with van der Waals surface area (Å²) in [7, 11) is 1.43. The van der Waals surface area contributed by atoms with Gasteiger partial charge in [-0.2, -0.15) is 0 Å². The molecule has 0 amide bonds. The van der Waals surface area contributed by atoms with E-state index < -0.39 is 12.6 Å². The molecule has 0 unspecified atom stereocenters. The maximum absolute atomic E-state index is 12.3. The summed E-state index contributed by atoms with van der Waals surface area (Å²) in [5, 5.41) is 8.67. The maximum atomic E-state index is 12.3. The van der Waals surface area contributed by atoms with Gasteiger partial charge in [-0.25, -0.2) is 4.79 Å². The van der Waals surface area contributed by atoms with Crippen LogP contribution in [-0.4, -0.2) is 30.6 Å². The Morgan fingerprint density at radius 1 is 1.04 bits per heavy atom. The lowest BCUT2D eigenvalue weighted by molar-refractivity contribution is -0.139. The van der Waals surface area contributed by atoms with E-state index in [4.69, 9.17) is 14.6 Å². The Kier molecular flexibility index (Phi) is 5.95. The van der Waals surface area contributed by atoms with Gasteiger partial charge in [-0.05, 0) is 54.8 Å². The van der Waals surface area contributed by atoms with Gasteiger partial charge in [0.2, 0.25) is 0 Å². The lowest BCUT2D eigenvalue weighted by Crippen LogP contribution is -2.10. The fourth-order valence-electron chi connectivity index (χ4n) is 2.22. The van der Waals surface area contributed by atoms with Gasteiger partial charge >= 0.3 is 5.97 Å². The van der Waals surface area contributed by atoms with Crippen LogP contribution in [0.1, 0.15) is 27.0 Å². The number of aliphatic carboxylic acids is 1. The summed E-state index contributed by atoms with van der Waals surface area (Å²) in [4.78, 5) is 22.9. The van der Waals surface area contributed by atoms with Crippen LogP contribution in [0.3, 0.4) is 0 Å². The summed E-state index contributed by atoms with van der Waals surface area (Å²) in [5.41, 5.74) is 3.74. The predicted molar refractivity (Wildman–Crippen MR) is 95.4 cm³/mol. The van der Waals surface area contributed by atoms with Gasteiger partial charge in [0.1, 0.15) is 0 Å². The zero-order chi connectivity index (χ0) is 18.4. The summed E-state index contributed by atoms with van der Waals surface area (Å²) in [6.45, 7) is 3.58. The molecule has 0 bridgehead atoms. The molecule has 0 fully saturated rings. The number of benzene rings is 2. The van der Waals surface area contributed by atoms with Gasteiger partial charge in [-0.3, -0.25) is 4.79 Å². The fourth-order valence-corrected chi connectivity index (χ4v) is 2.22. The standard InChI is InChI=1S/C20H20O5/c1-13-4-5-15(10-14(13)2)6-8-17(21)16-7-9-18(19(11-16)24-3)25-12-20(22)23/h4-11H,12H2,1-3H3,(H,22,23)/b8-6+. The number of hydrogen-bond donors (Lipinski definition) is 1. The molecular formula is C20H20O5. The molecule has 2 aromatic rings. The van der Waals surface area contributed by atoms with Crippen molar-refractivity contribution in [2.75, 3.05) is 13.7 Å². The monoisotopic (exact) mass is 340 g/mol. The van der Waals surface area contributed by atoms with Crippen LogP contribution in [0.15, 0.2) is 42.5 Å². The second-order valence-electron chi connectivity index (χ2n) is 5.59. The van der Waals surface area contributed by atoms with Crippen molar-refractivity contribution < 1.29 is 24.2 Å². The number of allylic oxidation sites excluding steroid dienone is 1. The Hall–Kier alpha value is -3.08. The largest absolute Gasteiger partial charge is 0.493 e. The zero-order valence-corrected chi connectivity index (χ0v) is 14.4. The number of rotatable bonds is 7. The van der Waals surface area contributed by atoms with Crippen LogP contribution in [0, 0.1) is 13.8 Å². The molecule has 2 aromatic carbocycles. The van der Waals surface area contributed by atoms with Crippen molar-refractivity contribution >= 4 is 17.8 Å². The fraction of sp³-hybridized carbons (Fsp3) is 0.200. The van der Waals surface area contributed by atoms with Gasteiger partial charge < -0.3 is 14.6 Å². The topological polar surface area (TPSA) is 72.8 Å². The molecular weight excluding hydrogens is 320 g/mol. The highest BCUT2D eigenvalue weighted by atomic mass is 16.5. The molecule has 0 aliphatic heterocycles. The molecule has 5 heteroatoms. The van der Waals surface area contributed by atoms with Crippen LogP contribution in [0.5, 0.6) is 11.5 Å². The third-order valence-corrected chi connectivity index (χ3v) is 3.76. The van der Waals surface area contributed by atoms with Gasteiger partial charge in [0.25, 0.3) is 0 Å². The van der Waals surface area contributed by atoms with E-state index in [0.29, 0.717) is 11.3 Å². The lowest BCUT2D eigenvalue weighted by Gasteiger charge is -2.10. The number of ether oxygens (including phenoxy) is 2. The molecule has 0 aliphatic rings. The number of carboxylic acids is 1. The predicted octanol–water partition coefficient (Wildman–Crippen LogP) is 3.67. The summed E-state index contributed by atoms with van der Waals surface area (Å²) < 4.78 is 10.3. The van der Waals surface area contributed by atoms with Crippen molar-refractivity contribution in [2.45, 2.75) is 13.8 Å². The maximum Gasteiger partial charge on any atom is 0.341 e. The van der Waals surface area contributed by atoms with E-state index in [1.165, 1.54) is 30.9 Å². The molecule has 5 nitrogen and oxygen atoms in total. The third kappa shape index (κ3) is 4.94. The van der Waals surface area contributed by atoms with Crippen LogP contribution in [0.4, 0.5) is 0 Å². The highest BCUT2D eigenvalue weighted by molar-refractivity contribution is 6.07. The van der Waals surface area contributed by atoms with Crippen LogP contribution in [0.25, 0.3) is 6.08 Å². The van der Waals surface area contributed by atoms with Crippen LogP contribution in [-0.2, 0) is 4.79 Å². The van der Waals surface area contributed by atoms with Gasteiger partial charge in [-0.15, -0.1) is 0 Å². The first kappa shape index (κ1) is 18.3. The first-order chi connectivity index (χ1) is 11.9. The van der Waals surface area contributed by atoms with Gasteiger partial charge in [-0.1, -0.05) is 24.3 Å². The minimum Gasteiger partial charge on any atom is -0.493 e. The second kappa shape index (κ2) is 8.15. The Morgan fingerprint density at radius 2 is 1.80 bits per heavy atom. The van der Waals surface area contributed by atoms with Crippen molar-refractivity contribution in [2.24, 2.45) is 0 Å². The van der Waals surface area contributed by atoms with E-state index in [1.54, 1.807) is 12.1 Å². The smallest absolute Gasteiger partial charge is 0.341 e. The summed E-state index contributed by atoms with van der Waals surface area (Å²) in [6.07, 6.45) is 3.26. The molecule has 0 saturated carbocycles. The first-order valence-electron chi connectivity index (χ1n) is 7.73. The van der Waals surface area contributed by atoms with Crippen molar-refractivity contribution in [1.82, 2.24) is 0 Å². The van der Waals surface area contributed by atoms with E-state index in [2.05, 4.69) is 0 Å². The number of carbonyl (C=O) groups excluding carboxylic acids is 1. The van der Waals surface area contributed by atoms with Gasteiger partial charge in [0.15, 0.2) is 23.9 Å². The van der Waals surface area contributed by atoms with E-state index in [9.17, 15) is 9.59 Å². The van der Waals surface area contributed by atoms with E-state index in [0.717, 1.165) is 11.1 Å². The van der Waals surface area contributed by atoms with E-state index in [1.807, 2.05) is 32.0 Å². The Balaban J connectivity index is 2.16. The quantitative estimate of drug-likeness (QED) is 0.615. The van der Waals surface area contributed by atoms with Crippen LogP contribution >= 0.6 is 0 Å². The van der Waals surface area contributed by atoms with Gasteiger partial charge in [0.05, 0.1) is 7.11 Å². The molecule has 0 radical (unpaired) electrons. The summed E-state index contributed by atoms with van der Waals surface area (Å²) in [5.74, 6) is -0.675. The van der Waals surface area contributed by atoms with Crippen molar-refractivity contribution in [3.63, 3.8) is 0 Å². The zero-order valence-electron chi connectivity index (χ0n) is 14.4. The van der Waals surface area contributed by atoms with Crippen molar-refractivity contribution in [3.8, 4) is 11.5 Å². The van der Waals surface area contributed by atoms with Gasteiger partial charge in [0, 0.05) is 5.56 Å².